The summed E-state index contributed by atoms with van der Waals surface area (Å²) in [7, 11) is -1.27. The Labute approximate surface area is 148 Å². The van der Waals surface area contributed by atoms with E-state index in [0.29, 0.717) is 16.6 Å². The predicted octanol–water partition coefficient (Wildman–Crippen LogP) is 3.68. The number of aryl methyl sites for hydroxylation is 2. The van der Waals surface area contributed by atoms with E-state index in [2.05, 4.69) is 4.86 Å². The van der Waals surface area contributed by atoms with E-state index in [4.69, 9.17) is 9.39 Å². The Bertz CT molecular complexity index is 591. The first-order chi connectivity index (χ1) is 11.6. The van der Waals surface area contributed by atoms with E-state index in [9.17, 15) is 13.7 Å². The second-order valence-corrected chi connectivity index (χ2v) is 6.91. The van der Waals surface area contributed by atoms with Crippen molar-refractivity contribution in [3.05, 3.63) is 29.1 Å². The van der Waals surface area contributed by atoms with Crippen LogP contribution in [0.25, 0.3) is 0 Å². The van der Waals surface area contributed by atoms with Crippen molar-refractivity contribution in [3.63, 3.8) is 0 Å². The number of ether oxygens (including phenoxy) is 1. The highest BCUT2D eigenvalue weighted by Gasteiger charge is 2.34. The number of carbonyl (C=O) groups excluding carboxylic acids is 1. The van der Waals surface area contributed by atoms with Gasteiger partial charge in [0.15, 0.2) is 0 Å². The van der Waals surface area contributed by atoms with Gasteiger partial charge in [-0.1, -0.05) is 30.5 Å². The van der Waals surface area contributed by atoms with Gasteiger partial charge in [0.1, 0.15) is 5.82 Å². The Hall–Kier alpha value is -1.47. The summed E-state index contributed by atoms with van der Waals surface area (Å²) in [5, 5.41) is 0. The van der Waals surface area contributed by atoms with Crippen LogP contribution in [0.2, 0.25) is 0 Å². The van der Waals surface area contributed by atoms with E-state index in [-0.39, 0.29) is 25.4 Å². The van der Waals surface area contributed by atoms with Gasteiger partial charge in [0.25, 0.3) is 0 Å². The average molecular weight is 356 g/mol. The summed E-state index contributed by atoms with van der Waals surface area (Å²) in [4.78, 5) is 15.5. The molecule has 0 bridgehead atoms. The van der Waals surface area contributed by atoms with E-state index in [1.54, 1.807) is 13.8 Å². The molecule has 0 spiro atoms. The van der Waals surface area contributed by atoms with Crippen LogP contribution >= 0.6 is 0 Å². The molecule has 0 aliphatic heterocycles. The molecule has 0 saturated heterocycles. The van der Waals surface area contributed by atoms with Crippen molar-refractivity contribution in [2.75, 3.05) is 6.61 Å². The molecule has 0 aromatic heterocycles. The molecule has 1 rings (SSSR count). The minimum absolute atomic E-state index is 0.0488. The zero-order chi connectivity index (χ0) is 19.2. The molecule has 0 unspecified atom stereocenters. The van der Waals surface area contributed by atoms with E-state index in [0.717, 1.165) is 0 Å². The van der Waals surface area contributed by atoms with Gasteiger partial charge in [-0.3, -0.25) is 4.79 Å². The molecule has 0 atom stereocenters. The van der Waals surface area contributed by atoms with Crippen LogP contribution in [0.5, 0.6) is 0 Å². The van der Waals surface area contributed by atoms with E-state index >= 15 is 0 Å². The highest BCUT2D eigenvalue weighted by molar-refractivity contribution is 6.61. The number of hydrogen-bond donors (Lipinski definition) is 0. The summed E-state index contributed by atoms with van der Waals surface area (Å²) in [6.45, 7) is 11.1. The second kappa shape index (κ2) is 9.29. The Kier molecular flexibility index (Phi) is 8.02. The van der Waals surface area contributed by atoms with Gasteiger partial charge in [-0.05, 0) is 56.6 Å². The molecule has 0 aliphatic rings. The monoisotopic (exact) mass is 356 g/mol. The molecule has 140 valence electrons. The molecule has 0 radical (unpaired) electrons. The van der Waals surface area contributed by atoms with Gasteiger partial charge < -0.3 is 9.39 Å². The molecular weight excluding hydrogens is 329 g/mol. The Morgan fingerprint density at radius 3 is 2.48 bits per heavy atom. The number of halogens is 2. The van der Waals surface area contributed by atoms with Crippen LogP contribution in [0.15, 0.2) is 12.1 Å². The molecule has 0 amide bonds. The van der Waals surface area contributed by atoms with Crippen LogP contribution in [0, 0.1) is 18.7 Å². The van der Waals surface area contributed by atoms with Crippen molar-refractivity contribution in [2.45, 2.75) is 60.0 Å². The number of rotatable bonds is 9. The van der Waals surface area contributed by atoms with E-state index in [1.807, 2.05) is 27.7 Å². The first-order valence-electron chi connectivity index (χ1n) is 8.52. The molecule has 4 nitrogen and oxygen atoms in total. The summed E-state index contributed by atoms with van der Waals surface area (Å²) < 4.78 is 38.0. The Morgan fingerprint density at radius 1 is 1.32 bits per heavy atom. The van der Waals surface area contributed by atoms with Crippen LogP contribution in [-0.4, -0.2) is 25.3 Å². The molecule has 0 fully saturated rings. The third-order valence-corrected chi connectivity index (χ3v) is 4.41. The molecular formula is C18H27BF2O4. The number of benzene rings is 1. The molecule has 0 heterocycles. The van der Waals surface area contributed by atoms with Crippen molar-refractivity contribution >= 4 is 18.6 Å². The lowest BCUT2D eigenvalue weighted by Gasteiger charge is -2.31. The average Bonchev–Trinajstić information content (AvgIpc) is 2.54. The lowest BCUT2D eigenvalue weighted by Crippen LogP contribution is -2.45. The highest BCUT2D eigenvalue weighted by atomic mass is 19.3. The Balaban J connectivity index is 3.04. The van der Waals surface area contributed by atoms with E-state index in [1.165, 1.54) is 12.1 Å². The topological polar surface area (TPSA) is 44.8 Å². The van der Waals surface area contributed by atoms with Crippen LogP contribution in [0.3, 0.4) is 0 Å². The quantitative estimate of drug-likeness (QED) is 0.500. The van der Waals surface area contributed by atoms with Crippen LogP contribution in [0.1, 0.15) is 52.2 Å². The normalized spacial score (nSPS) is 11.7. The SMILES string of the molecule is CCOC(=O)CCc1cc(B(OF)OC(C)(C)C(C)C)cc(C)c1F. The third-order valence-electron chi connectivity index (χ3n) is 4.41. The molecule has 0 N–H and O–H groups in total. The summed E-state index contributed by atoms with van der Waals surface area (Å²) >= 11 is 0. The summed E-state index contributed by atoms with van der Waals surface area (Å²) in [5.74, 6) is -0.704. The fourth-order valence-electron chi connectivity index (χ4n) is 2.21. The van der Waals surface area contributed by atoms with Gasteiger partial charge in [0.2, 0.25) is 0 Å². The second-order valence-electron chi connectivity index (χ2n) is 6.91. The lowest BCUT2D eigenvalue weighted by atomic mass is 9.75. The zero-order valence-electron chi connectivity index (χ0n) is 15.8. The van der Waals surface area contributed by atoms with Gasteiger partial charge >= 0.3 is 13.1 Å². The van der Waals surface area contributed by atoms with Gasteiger partial charge in [-0.15, -0.1) is 0 Å². The fraction of sp³-hybridized carbons (Fsp3) is 0.611. The molecule has 1 aromatic carbocycles. The molecule has 25 heavy (non-hydrogen) atoms. The van der Waals surface area contributed by atoms with Crippen molar-refractivity contribution in [3.8, 4) is 0 Å². The third kappa shape index (κ3) is 6.08. The maximum atomic E-state index is 14.3. The summed E-state index contributed by atoms with van der Waals surface area (Å²) in [6.07, 6.45) is 0.207. The minimum Gasteiger partial charge on any atom is -0.466 e. The molecule has 0 saturated carbocycles. The fourth-order valence-corrected chi connectivity index (χ4v) is 2.21. The van der Waals surface area contributed by atoms with Crippen molar-refractivity contribution in [1.82, 2.24) is 0 Å². The van der Waals surface area contributed by atoms with Crippen molar-refractivity contribution in [2.24, 2.45) is 5.92 Å². The largest absolute Gasteiger partial charge is 0.532 e. The summed E-state index contributed by atoms with van der Waals surface area (Å²) in [6, 6.07) is 2.96. The molecule has 0 aliphatic carbocycles. The van der Waals surface area contributed by atoms with E-state index < -0.39 is 24.5 Å². The van der Waals surface area contributed by atoms with Gasteiger partial charge in [0.05, 0.1) is 12.2 Å². The van der Waals surface area contributed by atoms with Gasteiger partial charge in [-0.25, -0.2) is 9.25 Å². The highest BCUT2D eigenvalue weighted by Crippen LogP contribution is 2.22. The lowest BCUT2D eigenvalue weighted by molar-refractivity contribution is -0.143. The molecule has 7 heteroatoms. The summed E-state index contributed by atoms with van der Waals surface area (Å²) in [5.41, 5.74) is 0.374. The predicted molar refractivity (Wildman–Crippen MR) is 93.7 cm³/mol. The smallest absolute Gasteiger partial charge is 0.466 e. The maximum Gasteiger partial charge on any atom is 0.532 e. The zero-order valence-corrected chi connectivity index (χ0v) is 15.8. The van der Waals surface area contributed by atoms with Gasteiger partial charge in [0, 0.05) is 6.42 Å². The minimum atomic E-state index is -1.27. The number of hydrogen-bond acceptors (Lipinski definition) is 4. The standard InChI is InChI=1S/C18H27BF2O4/c1-7-23-16(22)9-8-14-11-15(10-13(4)17(14)20)19(25-21)24-18(5,6)12(2)3/h10-12H,7-9H2,1-6H3. The van der Waals surface area contributed by atoms with Crippen LogP contribution in [0.4, 0.5) is 8.92 Å². The van der Waals surface area contributed by atoms with Crippen molar-refractivity contribution < 1.29 is 28.0 Å². The maximum absolute atomic E-state index is 14.3. The van der Waals surface area contributed by atoms with Crippen LogP contribution in [-0.2, 0) is 25.5 Å². The van der Waals surface area contributed by atoms with Gasteiger partial charge in [-0.2, -0.15) is 0 Å². The Morgan fingerprint density at radius 2 is 1.96 bits per heavy atom. The van der Waals surface area contributed by atoms with Crippen LogP contribution < -0.4 is 5.46 Å². The first-order valence-corrected chi connectivity index (χ1v) is 8.52. The first kappa shape index (κ1) is 21.6. The number of esters is 1. The van der Waals surface area contributed by atoms with Crippen molar-refractivity contribution in [1.29, 1.82) is 0 Å². The molecule has 1 aromatic rings. The number of carbonyl (C=O) groups is 1.